The van der Waals surface area contributed by atoms with Crippen LogP contribution in [0.25, 0.3) is 0 Å². The van der Waals surface area contributed by atoms with Crippen molar-refractivity contribution in [1.82, 2.24) is 5.32 Å². The monoisotopic (exact) mass is 415 g/mol. The van der Waals surface area contributed by atoms with Crippen molar-refractivity contribution >= 4 is 0 Å². The third kappa shape index (κ3) is 8.42. The molecular formula is C23H45NO5. The third-order valence-corrected chi connectivity index (χ3v) is 5.77. The summed E-state index contributed by atoms with van der Waals surface area (Å²) in [5, 5.41) is 14.1. The highest BCUT2D eigenvalue weighted by atomic mass is 16.8. The molecule has 5 atom stereocenters. The number of rotatable bonds is 16. The van der Waals surface area contributed by atoms with Gasteiger partial charge in [0.1, 0.15) is 18.3 Å². The van der Waals surface area contributed by atoms with Gasteiger partial charge in [-0.3, -0.25) is 0 Å². The summed E-state index contributed by atoms with van der Waals surface area (Å²) in [5.41, 5.74) is 0. The van der Waals surface area contributed by atoms with Gasteiger partial charge in [0, 0.05) is 13.2 Å². The minimum absolute atomic E-state index is 0.283. The average Bonchev–Trinajstić information content (AvgIpc) is 3.15. The summed E-state index contributed by atoms with van der Waals surface area (Å²) < 4.78 is 24.1. The van der Waals surface area contributed by atoms with Gasteiger partial charge < -0.3 is 29.4 Å². The minimum Gasteiger partial charge on any atom is -0.389 e. The maximum atomic E-state index is 10.7. The van der Waals surface area contributed by atoms with Gasteiger partial charge >= 0.3 is 0 Å². The second-order valence-corrected chi connectivity index (χ2v) is 9.00. The van der Waals surface area contributed by atoms with Crippen molar-refractivity contribution in [3.05, 3.63) is 0 Å². The van der Waals surface area contributed by atoms with E-state index in [2.05, 4.69) is 19.2 Å². The Morgan fingerprint density at radius 2 is 1.59 bits per heavy atom. The molecule has 0 amide bonds. The van der Waals surface area contributed by atoms with Crippen molar-refractivity contribution in [2.45, 2.75) is 128 Å². The predicted molar refractivity (Wildman–Crippen MR) is 115 cm³/mol. The summed E-state index contributed by atoms with van der Waals surface area (Å²) in [5.74, 6) is -0.676. The van der Waals surface area contributed by atoms with E-state index in [1.54, 1.807) is 0 Å². The fraction of sp³-hybridized carbons (Fsp3) is 1.00. The number of unbranched alkanes of at least 4 members (excludes halogenated alkanes) is 8. The van der Waals surface area contributed by atoms with Crippen molar-refractivity contribution in [3.8, 4) is 0 Å². The molecule has 2 saturated heterocycles. The molecule has 0 aromatic rings. The first-order chi connectivity index (χ1) is 14.0. The molecule has 0 radical (unpaired) electrons. The summed E-state index contributed by atoms with van der Waals surface area (Å²) in [4.78, 5) is 0. The normalized spacial score (nSPS) is 29.3. The van der Waals surface area contributed by atoms with Crippen LogP contribution in [0.15, 0.2) is 0 Å². The van der Waals surface area contributed by atoms with E-state index in [0.29, 0.717) is 13.2 Å². The van der Waals surface area contributed by atoms with Crippen molar-refractivity contribution in [1.29, 1.82) is 0 Å². The van der Waals surface area contributed by atoms with Gasteiger partial charge in [-0.25, -0.2) is 0 Å². The Bertz CT molecular complexity index is 433. The van der Waals surface area contributed by atoms with Crippen LogP contribution in [-0.2, 0) is 18.9 Å². The second-order valence-electron chi connectivity index (χ2n) is 9.00. The zero-order valence-corrected chi connectivity index (χ0v) is 19.2. The van der Waals surface area contributed by atoms with E-state index in [1.807, 2.05) is 13.8 Å². The quantitative estimate of drug-likeness (QED) is 0.369. The van der Waals surface area contributed by atoms with E-state index in [1.165, 1.54) is 51.4 Å². The van der Waals surface area contributed by atoms with Crippen LogP contribution in [-0.4, -0.2) is 61.3 Å². The minimum atomic E-state index is -0.676. The molecule has 0 saturated carbocycles. The molecule has 0 unspecified atom stereocenters. The summed E-state index contributed by atoms with van der Waals surface area (Å²) in [6.07, 6.45) is 10.1. The van der Waals surface area contributed by atoms with Gasteiger partial charge in [-0.1, -0.05) is 65.2 Å². The van der Waals surface area contributed by atoms with Crippen LogP contribution < -0.4 is 5.32 Å². The smallest absolute Gasteiger partial charge is 0.190 e. The molecule has 0 spiro atoms. The number of aliphatic hydroxyl groups excluding tert-OH is 1. The molecule has 2 aliphatic heterocycles. The Hall–Kier alpha value is -0.240. The summed E-state index contributed by atoms with van der Waals surface area (Å²) in [7, 11) is 0. The fourth-order valence-corrected chi connectivity index (χ4v) is 4.15. The Balaban J connectivity index is 1.76. The topological polar surface area (TPSA) is 69.2 Å². The molecule has 0 aromatic heterocycles. The second kappa shape index (κ2) is 13.2. The van der Waals surface area contributed by atoms with Gasteiger partial charge in [-0.05, 0) is 33.2 Å². The maximum Gasteiger partial charge on any atom is 0.190 e. The number of hydrogen-bond donors (Lipinski definition) is 2. The maximum absolute atomic E-state index is 10.7. The molecule has 0 bridgehead atoms. The van der Waals surface area contributed by atoms with E-state index in [0.717, 1.165) is 19.4 Å². The van der Waals surface area contributed by atoms with Crippen LogP contribution in [0, 0.1) is 0 Å². The number of hydrogen-bond acceptors (Lipinski definition) is 6. The van der Waals surface area contributed by atoms with Crippen molar-refractivity contribution in [3.63, 3.8) is 0 Å². The van der Waals surface area contributed by atoms with Crippen molar-refractivity contribution in [2.24, 2.45) is 0 Å². The fourth-order valence-electron chi connectivity index (χ4n) is 4.15. The van der Waals surface area contributed by atoms with E-state index in [9.17, 15) is 5.11 Å². The van der Waals surface area contributed by atoms with E-state index in [-0.39, 0.29) is 12.2 Å². The Morgan fingerprint density at radius 3 is 2.28 bits per heavy atom. The number of fused-ring (bicyclic) bond motifs is 1. The first-order valence-corrected chi connectivity index (χ1v) is 12.0. The van der Waals surface area contributed by atoms with E-state index >= 15 is 0 Å². The number of ether oxygens (including phenoxy) is 4. The predicted octanol–water partition coefficient (Wildman–Crippen LogP) is 4.14. The van der Waals surface area contributed by atoms with Crippen molar-refractivity contribution < 1.29 is 24.1 Å². The number of nitrogens with one attached hydrogen (secondary N) is 1. The van der Waals surface area contributed by atoms with Crippen LogP contribution in [0.3, 0.4) is 0 Å². The van der Waals surface area contributed by atoms with Crippen molar-refractivity contribution in [2.75, 3.05) is 19.7 Å². The van der Waals surface area contributed by atoms with Crippen LogP contribution in [0.2, 0.25) is 0 Å². The van der Waals surface area contributed by atoms with Gasteiger partial charge in [-0.2, -0.15) is 0 Å². The Kier molecular flexibility index (Phi) is 11.4. The largest absolute Gasteiger partial charge is 0.389 e. The molecule has 6 heteroatoms. The van der Waals surface area contributed by atoms with Gasteiger partial charge in [0.05, 0.1) is 6.10 Å². The highest BCUT2D eigenvalue weighted by Crippen LogP contribution is 2.39. The summed E-state index contributed by atoms with van der Waals surface area (Å²) in [6, 6.07) is 0. The lowest BCUT2D eigenvalue weighted by Crippen LogP contribution is -2.46. The van der Waals surface area contributed by atoms with Gasteiger partial charge in [0.2, 0.25) is 0 Å². The lowest BCUT2D eigenvalue weighted by molar-refractivity contribution is -0.229. The highest BCUT2D eigenvalue weighted by molar-refractivity contribution is 4.97. The van der Waals surface area contributed by atoms with Gasteiger partial charge in [-0.15, -0.1) is 0 Å². The molecule has 0 aliphatic carbocycles. The van der Waals surface area contributed by atoms with Gasteiger partial charge in [0.25, 0.3) is 0 Å². The molecular weight excluding hydrogens is 370 g/mol. The van der Waals surface area contributed by atoms with Crippen LogP contribution in [0.1, 0.15) is 91.9 Å². The lowest BCUT2D eigenvalue weighted by atomic mass is 10.0. The molecule has 2 heterocycles. The van der Waals surface area contributed by atoms with E-state index < -0.39 is 24.3 Å². The average molecular weight is 416 g/mol. The Morgan fingerprint density at radius 1 is 0.931 bits per heavy atom. The SMILES string of the molecule is CCCCCCCNC[C@@H](O)[C@H]1O[C@@H]2OC(C)(C)O[C@@H]2[C@H]1OCCCCCCC. The van der Waals surface area contributed by atoms with Crippen LogP contribution >= 0.6 is 0 Å². The molecule has 29 heavy (non-hydrogen) atoms. The first kappa shape index (κ1) is 25.0. The summed E-state index contributed by atoms with van der Waals surface area (Å²) >= 11 is 0. The standard InChI is InChI=1S/C23H45NO5/c1-5-7-9-11-13-15-24-17-18(25)19-20(26-16-14-12-10-8-6-2)21-22(27-19)29-23(3,4)28-21/h18-22,24-25H,5-17H2,1-4H3/t18-,19-,20+,21-,22-/m1/s1. The third-order valence-electron chi connectivity index (χ3n) is 5.77. The highest BCUT2D eigenvalue weighted by Gasteiger charge is 2.56. The first-order valence-electron chi connectivity index (χ1n) is 12.0. The molecule has 6 nitrogen and oxygen atoms in total. The number of aliphatic hydroxyl groups is 1. The van der Waals surface area contributed by atoms with Crippen LogP contribution in [0.4, 0.5) is 0 Å². The Labute approximate surface area is 178 Å². The lowest BCUT2D eigenvalue weighted by Gasteiger charge is -2.28. The molecule has 0 aromatic carbocycles. The van der Waals surface area contributed by atoms with E-state index in [4.69, 9.17) is 18.9 Å². The van der Waals surface area contributed by atoms with Crippen LogP contribution in [0.5, 0.6) is 0 Å². The zero-order chi connectivity index (χ0) is 21.1. The van der Waals surface area contributed by atoms with Gasteiger partial charge in [0.15, 0.2) is 12.1 Å². The zero-order valence-electron chi connectivity index (χ0n) is 19.2. The molecule has 172 valence electrons. The molecule has 2 rings (SSSR count). The molecule has 2 N–H and O–H groups in total. The molecule has 2 aliphatic rings. The molecule has 2 fully saturated rings. The summed E-state index contributed by atoms with van der Waals surface area (Å²) in [6.45, 7) is 10.3.